The second kappa shape index (κ2) is 10.9. The van der Waals surface area contributed by atoms with Gasteiger partial charge in [0.05, 0.1) is 12.7 Å². The maximum Gasteiger partial charge on any atom is 0.278 e. The summed E-state index contributed by atoms with van der Waals surface area (Å²) in [6.07, 6.45) is 2.45. The molecule has 0 aromatic heterocycles. The molecule has 2 aromatic rings. The first kappa shape index (κ1) is 23.4. The van der Waals surface area contributed by atoms with Crippen molar-refractivity contribution in [2.24, 2.45) is 0 Å². The Morgan fingerprint density at radius 1 is 0.969 bits per heavy atom. The van der Waals surface area contributed by atoms with Crippen molar-refractivity contribution in [2.45, 2.75) is 26.2 Å². The molecule has 0 bridgehead atoms. The van der Waals surface area contributed by atoms with E-state index in [1.54, 1.807) is 24.3 Å². The number of unbranched alkanes of at least 4 members (excludes halogenated alkanes) is 1. The van der Waals surface area contributed by atoms with E-state index in [0.29, 0.717) is 30.9 Å². The van der Waals surface area contributed by atoms with E-state index in [-0.39, 0.29) is 23.5 Å². The summed E-state index contributed by atoms with van der Waals surface area (Å²) >= 11 is 0. The summed E-state index contributed by atoms with van der Waals surface area (Å²) in [7, 11) is 1.47. The Labute approximate surface area is 185 Å². The number of para-hydroxylation sites is 1. The number of hydrogen-bond acceptors (Lipinski definition) is 5. The van der Waals surface area contributed by atoms with Crippen LogP contribution in [0.2, 0.25) is 0 Å². The first-order valence-electron chi connectivity index (χ1n) is 10.5. The number of carbonyl (C=O) groups is 2. The van der Waals surface area contributed by atoms with E-state index in [0.717, 1.165) is 29.9 Å². The standard InChI is InChI=1S/C24H26F2N2O4/c1-3-4-13-32-14-7-12-28-23(29)21(17-8-5-6-9-20(17)31-2)22(24(28)30)27-16-10-11-18(25)19(26)15-16/h5-6,8-11,15,27H,3-4,7,12-14H2,1-2H3. The van der Waals surface area contributed by atoms with Crippen LogP contribution in [0.5, 0.6) is 5.75 Å². The summed E-state index contributed by atoms with van der Waals surface area (Å²) in [6, 6.07) is 10.0. The SMILES string of the molecule is CCCCOCCCN1C(=O)C(Nc2ccc(F)c(F)c2)=C(c2ccccc2OC)C1=O. The normalized spacial score (nSPS) is 13.8. The van der Waals surface area contributed by atoms with Gasteiger partial charge in [-0.3, -0.25) is 14.5 Å². The Bertz CT molecular complexity index is 1020. The lowest BCUT2D eigenvalue weighted by Crippen LogP contribution is -2.34. The predicted octanol–water partition coefficient (Wildman–Crippen LogP) is 4.37. The first-order chi connectivity index (χ1) is 15.5. The molecule has 1 aliphatic rings. The van der Waals surface area contributed by atoms with Gasteiger partial charge in [-0.1, -0.05) is 31.5 Å². The van der Waals surface area contributed by atoms with Gasteiger partial charge < -0.3 is 14.8 Å². The molecule has 0 fully saturated rings. The molecule has 1 aliphatic heterocycles. The minimum absolute atomic E-state index is 0.0163. The Balaban J connectivity index is 1.89. The lowest BCUT2D eigenvalue weighted by atomic mass is 10.0. The number of carbonyl (C=O) groups excluding carboxylic acids is 2. The second-order valence-corrected chi connectivity index (χ2v) is 7.29. The highest BCUT2D eigenvalue weighted by Gasteiger charge is 2.40. The van der Waals surface area contributed by atoms with Gasteiger partial charge in [0, 0.05) is 37.1 Å². The van der Waals surface area contributed by atoms with Gasteiger partial charge >= 0.3 is 0 Å². The van der Waals surface area contributed by atoms with Crippen LogP contribution in [0, 0.1) is 11.6 Å². The van der Waals surface area contributed by atoms with E-state index in [2.05, 4.69) is 12.2 Å². The second-order valence-electron chi connectivity index (χ2n) is 7.29. The number of anilines is 1. The molecule has 170 valence electrons. The molecular weight excluding hydrogens is 418 g/mol. The average Bonchev–Trinajstić information content (AvgIpc) is 3.02. The van der Waals surface area contributed by atoms with Crippen LogP contribution in [0.3, 0.4) is 0 Å². The minimum Gasteiger partial charge on any atom is -0.496 e. The van der Waals surface area contributed by atoms with E-state index in [1.165, 1.54) is 13.2 Å². The maximum absolute atomic E-state index is 13.7. The highest BCUT2D eigenvalue weighted by molar-refractivity contribution is 6.37. The molecule has 0 spiro atoms. The maximum atomic E-state index is 13.7. The molecule has 2 aromatic carbocycles. The molecule has 0 saturated heterocycles. The van der Waals surface area contributed by atoms with Crippen molar-refractivity contribution >= 4 is 23.1 Å². The zero-order chi connectivity index (χ0) is 23.1. The van der Waals surface area contributed by atoms with Gasteiger partial charge in [0.1, 0.15) is 11.4 Å². The van der Waals surface area contributed by atoms with E-state index < -0.39 is 23.4 Å². The zero-order valence-electron chi connectivity index (χ0n) is 18.1. The quantitative estimate of drug-likeness (QED) is 0.412. The summed E-state index contributed by atoms with van der Waals surface area (Å²) in [5, 5.41) is 2.81. The Kier molecular flexibility index (Phi) is 7.94. The third kappa shape index (κ3) is 5.13. The van der Waals surface area contributed by atoms with Crippen molar-refractivity contribution in [1.29, 1.82) is 0 Å². The van der Waals surface area contributed by atoms with Crippen LogP contribution < -0.4 is 10.1 Å². The molecule has 8 heteroatoms. The molecule has 3 rings (SSSR count). The smallest absolute Gasteiger partial charge is 0.278 e. The summed E-state index contributed by atoms with van der Waals surface area (Å²) in [5.74, 6) is -2.69. The Hall–Kier alpha value is -3.26. The van der Waals surface area contributed by atoms with E-state index in [9.17, 15) is 18.4 Å². The van der Waals surface area contributed by atoms with Crippen LogP contribution in [0.15, 0.2) is 48.2 Å². The van der Waals surface area contributed by atoms with E-state index >= 15 is 0 Å². The zero-order valence-corrected chi connectivity index (χ0v) is 18.1. The van der Waals surface area contributed by atoms with Crippen molar-refractivity contribution in [3.8, 4) is 5.75 Å². The fourth-order valence-electron chi connectivity index (χ4n) is 3.39. The van der Waals surface area contributed by atoms with Crippen LogP contribution in [-0.4, -0.2) is 43.6 Å². The molecule has 2 amide bonds. The number of methoxy groups -OCH3 is 1. The van der Waals surface area contributed by atoms with Crippen LogP contribution in [0.1, 0.15) is 31.7 Å². The lowest BCUT2D eigenvalue weighted by molar-refractivity contribution is -0.137. The Morgan fingerprint density at radius 3 is 2.44 bits per heavy atom. The number of benzene rings is 2. The van der Waals surface area contributed by atoms with Gasteiger partial charge in [0.25, 0.3) is 11.8 Å². The number of hydrogen-bond donors (Lipinski definition) is 1. The van der Waals surface area contributed by atoms with Gasteiger partial charge in [-0.05, 0) is 31.0 Å². The van der Waals surface area contributed by atoms with Crippen molar-refractivity contribution in [3.05, 3.63) is 65.4 Å². The van der Waals surface area contributed by atoms with Gasteiger partial charge in [-0.15, -0.1) is 0 Å². The highest BCUT2D eigenvalue weighted by Crippen LogP contribution is 2.35. The molecule has 0 unspecified atom stereocenters. The van der Waals surface area contributed by atoms with Crippen LogP contribution in [0.4, 0.5) is 14.5 Å². The van der Waals surface area contributed by atoms with Gasteiger partial charge in [0.15, 0.2) is 11.6 Å². The summed E-state index contributed by atoms with van der Waals surface area (Å²) in [5.41, 5.74) is 0.679. The molecule has 0 atom stereocenters. The van der Waals surface area contributed by atoms with Crippen LogP contribution >= 0.6 is 0 Å². The van der Waals surface area contributed by atoms with E-state index in [4.69, 9.17) is 9.47 Å². The fourth-order valence-corrected chi connectivity index (χ4v) is 3.39. The van der Waals surface area contributed by atoms with Gasteiger partial charge in [-0.2, -0.15) is 0 Å². The summed E-state index contributed by atoms with van der Waals surface area (Å²) < 4.78 is 37.9. The van der Waals surface area contributed by atoms with Crippen molar-refractivity contribution in [3.63, 3.8) is 0 Å². The molecule has 6 nitrogen and oxygen atoms in total. The summed E-state index contributed by atoms with van der Waals surface area (Å²) in [4.78, 5) is 27.5. The highest BCUT2D eigenvalue weighted by atomic mass is 19.2. The largest absolute Gasteiger partial charge is 0.496 e. The predicted molar refractivity (Wildman–Crippen MR) is 117 cm³/mol. The Morgan fingerprint density at radius 2 is 1.72 bits per heavy atom. The average molecular weight is 444 g/mol. The molecule has 1 N–H and O–H groups in total. The van der Waals surface area contributed by atoms with E-state index in [1.807, 2.05) is 0 Å². The van der Waals surface area contributed by atoms with Gasteiger partial charge in [0.2, 0.25) is 0 Å². The number of rotatable bonds is 11. The number of nitrogens with zero attached hydrogens (tertiary/aromatic N) is 1. The third-order valence-electron chi connectivity index (χ3n) is 5.05. The molecule has 0 aliphatic carbocycles. The number of imide groups is 1. The topological polar surface area (TPSA) is 67.9 Å². The monoisotopic (exact) mass is 444 g/mol. The van der Waals surface area contributed by atoms with Crippen molar-refractivity contribution in [2.75, 3.05) is 32.2 Å². The van der Waals surface area contributed by atoms with Crippen LogP contribution in [-0.2, 0) is 14.3 Å². The van der Waals surface area contributed by atoms with Gasteiger partial charge in [-0.25, -0.2) is 8.78 Å². The number of ether oxygens (including phenoxy) is 2. The fraction of sp³-hybridized carbons (Fsp3) is 0.333. The number of halogens is 2. The van der Waals surface area contributed by atoms with Crippen molar-refractivity contribution < 1.29 is 27.8 Å². The molecule has 0 saturated carbocycles. The molecular formula is C24H26F2N2O4. The lowest BCUT2D eigenvalue weighted by Gasteiger charge is -2.15. The molecule has 0 radical (unpaired) electrons. The number of amides is 2. The third-order valence-corrected chi connectivity index (χ3v) is 5.05. The molecule has 32 heavy (non-hydrogen) atoms. The number of nitrogens with one attached hydrogen (secondary N) is 1. The first-order valence-corrected chi connectivity index (χ1v) is 10.5. The minimum atomic E-state index is -1.06. The van der Waals surface area contributed by atoms with Crippen molar-refractivity contribution in [1.82, 2.24) is 4.90 Å². The summed E-state index contributed by atoms with van der Waals surface area (Å²) in [6.45, 7) is 3.29. The van der Waals surface area contributed by atoms with Crippen LogP contribution in [0.25, 0.3) is 5.57 Å². The molecule has 1 heterocycles.